The Labute approximate surface area is 118 Å². The molecule has 96 valence electrons. The molecule has 0 fully saturated rings. The molecule has 19 heavy (non-hydrogen) atoms. The van der Waals surface area contributed by atoms with Crippen LogP contribution < -0.4 is 0 Å². The fourth-order valence-corrected chi connectivity index (χ4v) is 2.43. The van der Waals surface area contributed by atoms with Gasteiger partial charge in [0.2, 0.25) is 5.78 Å². The molecule has 2 heterocycles. The van der Waals surface area contributed by atoms with Gasteiger partial charge in [-0.2, -0.15) is 0 Å². The average molecular weight is 320 g/mol. The van der Waals surface area contributed by atoms with Gasteiger partial charge in [0, 0.05) is 27.6 Å². The molecule has 0 N–H and O–H groups in total. The smallest absolute Gasteiger partial charge is 0.234 e. The summed E-state index contributed by atoms with van der Waals surface area (Å²) in [6, 6.07) is 6.92. The van der Waals surface area contributed by atoms with Gasteiger partial charge in [-0.15, -0.1) is 0 Å². The van der Waals surface area contributed by atoms with Crippen LogP contribution in [0.15, 0.2) is 34.9 Å². The fraction of sp³-hybridized carbons (Fsp3) is 0.143. The maximum absolute atomic E-state index is 13.9. The first-order chi connectivity index (χ1) is 9.04. The molecule has 3 aromatic rings. The van der Waals surface area contributed by atoms with Gasteiger partial charge in [0.05, 0.1) is 5.69 Å². The van der Waals surface area contributed by atoms with Crippen molar-refractivity contribution in [2.24, 2.45) is 0 Å². The third-order valence-corrected chi connectivity index (χ3v) is 3.46. The molecule has 5 heteroatoms. The number of imidazole rings is 1. The molecule has 0 spiro atoms. The van der Waals surface area contributed by atoms with E-state index in [4.69, 9.17) is 0 Å². The maximum atomic E-state index is 13.9. The summed E-state index contributed by atoms with van der Waals surface area (Å²) in [5, 5.41) is 0. The molecule has 0 saturated carbocycles. The lowest BCUT2D eigenvalue weighted by Gasteiger charge is -1.99. The van der Waals surface area contributed by atoms with E-state index in [2.05, 4.69) is 25.9 Å². The third kappa shape index (κ3) is 2.14. The number of halogens is 2. The van der Waals surface area contributed by atoms with Crippen LogP contribution in [0.25, 0.3) is 17.0 Å². The molecule has 3 nitrogen and oxygen atoms in total. The van der Waals surface area contributed by atoms with Crippen LogP contribution in [0.3, 0.4) is 0 Å². The van der Waals surface area contributed by atoms with Crippen LogP contribution in [-0.4, -0.2) is 14.4 Å². The summed E-state index contributed by atoms with van der Waals surface area (Å²) in [5.74, 6) is 0.293. The van der Waals surface area contributed by atoms with Crippen molar-refractivity contribution >= 4 is 21.7 Å². The van der Waals surface area contributed by atoms with E-state index in [9.17, 15) is 4.39 Å². The summed E-state index contributed by atoms with van der Waals surface area (Å²) in [4.78, 5) is 8.74. The SMILES string of the molecule is Cc1cc(C)n2cc(-c3ccc(Br)cc3F)nc2n1. The number of hydrogen-bond donors (Lipinski definition) is 0. The monoisotopic (exact) mass is 319 g/mol. The molecular formula is C14H11BrFN3. The topological polar surface area (TPSA) is 30.2 Å². The summed E-state index contributed by atoms with van der Waals surface area (Å²) in [5.41, 5.74) is 2.99. The van der Waals surface area contributed by atoms with Gasteiger partial charge in [-0.1, -0.05) is 15.9 Å². The first-order valence-corrected chi connectivity index (χ1v) is 6.62. The van der Waals surface area contributed by atoms with E-state index in [0.717, 1.165) is 11.4 Å². The predicted molar refractivity (Wildman–Crippen MR) is 75.6 cm³/mol. The number of aromatic nitrogens is 3. The zero-order valence-corrected chi connectivity index (χ0v) is 12.1. The molecule has 0 radical (unpaired) electrons. The maximum Gasteiger partial charge on any atom is 0.234 e. The van der Waals surface area contributed by atoms with Gasteiger partial charge >= 0.3 is 0 Å². The van der Waals surface area contributed by atoms with E-state index >= 15 is 0 Å². The highest BCUT2D eigenvalue weighted by molar-refractivity contribution is 9.10. The third-order valence-electron chi connectivity index (χ3n) is 2.97. The van der Waals surface area contributed by atoms with Crippen molar-refractivity contribution in [1.29, 1.82) is 0 Å². The van der Waals surface area contributed by atoms with E-state index < -0.39 is 0 Å². The Morgan fingerprint density at radius 2 is 1.95 bits per heavy atom. The highest BCUT2D eigenvalue weighted by Gasteiger charge is 2.11. The van der Waals surface area contributed by atoms with Crippen LogP contribution in [0.4, 0.5) is 4.39 Å². The standard InChI is InChI=1S/C14H11BrFN3/c1-8-5-9(2)19-7-13(18-14(19)17-8)11-4-3-10(15)6-12(11)16/h3-7H,1-2H3. The van der Waals surface area contributed by atoms with Crippen molar-refractivity contribution in [2.75, 3.05) is 0 Å². The van der Waals surface area contributed by atoms with E-state index in [1.807, 2.05) is 30.5 Å². The lowest BCUT2D eigenvalue weighted by molar-refractivity contribution is 0.630. The lowest BCUT2D eigenvalue weighted by atomic mass is 10.1. The van der Waals surface area contributed by atoms with Gasteiger partial charge in [-0.3, -0.25) is 4.40 Å². The second kappa shape index (κ2) is 4.42. The van der Waals surface area contributed by atoms with E-state index in [0.29, 0.717) is 21.5 Å². The Kier molecular flexibility index (Phi) is 2.86. The van der Waals surface area contributed by atoms with Crippen LogP contribution in [0.1, 0.15) is 11.4 Å². The van der Waals surface area contributed by atoms with Crippen molar-refractivity contribution in [2.45, 2.75) is 13.8 Å². The number of fused-ring (bicyclic) bond motifs is 1. The highest BCUT2D eigenvalue weighted by Crippen LogP contribution is 2.25. The molecular weight excluding hydrogens is 309 g/mol. The van der Waals surface area contributed by atoms with Crippen molar-refractivity contribution in [3.05, 3.63) is 52.1 Å². The van der Waals surface area contributed by atoms with Gasteiger partial charge < -0.3 is 0 Å². The molecule has 0 aliphatic rings. The van der Waals surface area contributed by atoms with Crippen molar-refractivity contribution in [3.8, 4) is 11.3 Å². The number of benzene rings is 1. The number of nitrogens with zero attached hydrogens (tertiary/aromatic N) is 3. The zero-order valence-electron chi connectivity index (χ0n) is 10.5. The minimum atomic E-state index is -0.299. The summed E-state index contributed by atoms with van der Waals surface area (Å²) in [6.45, 7) is 3.90. The number of rotatable bonds is 1. The summed E-state index contributed by atoms with van der Waals surface area (Å²) in [6.07, 6.45) is 1.81. The van der Waals surface area contributed by atoms with E-state index in [1.54, 1.807) is 12.1 Å². The Balaban J connectivity index is 2.23. The average Bonchev–Trinajstić information content (AvgIpc) is 2.72. The van der Waals surface area contributed by atoms with Crippen molar-refractivity contribution < 1.29 is 4.39 Å². The first-order valence-electron chi connectivity index (χ1n) is 5.83. The van der Waals surface area contributed by atoms with Gasteiger partial charge in [0.25, 0.3) is 0 Å². The predicted octanol–water partition coefficient (Wildman–Crippen LogP) is 3.91. The molecule has 0 bridgehead atoms. The largest absolute Gasteiger partial charge is 0.288 e. The van der Waals surface area contributed by atoms with Crippen molar-refractivity contribution in [3.63, 3.8) is 0 Å². The molecule has 3 rings (SSSR count). The minimum Gasteiger partial charge on any atom is -0.288 e. The van der Waals surface area contributed by atoms with E-state index in [-0.39, 0.29) is 5.82 Å². The molecule has 0 unspecified atom stereocenters. The van der Waals surface area contributed by atoms with Crippen LogP contribution in [0, 0.1) is 19.7 Å². The second-order valence-electron chi connectivity index (χ2n) is 4.46. The number of hydrogen-bond acceptors (Lipinski definition) is 2. The molecule has 0 aliphatic carbocycles. The van der Waals surface area contributed by atoms with Crippen LogP contribution in [0.2, 0.25) is 0 Å². The summed E-state index contributed by atoms with van der Waals surface area (Å²) < 4.78 is 16.5. The van der Waals surface area contributed by atoms with Gasteiger partial charge in [-0.25, -0.2) is 14.4 Å². The fourth-order valence-electron chi connectivity index (χ4n) is 2.10. The molecule has 0 saturated heterocycles. The van der Waals surface area contributed by atoms with Crippen molar-refractivity contribution in [1.82, 2.24) is 14.4 Å². The minimum absolute atomic E-state index is 0.299. The molecule has 2 aromatic heterocycles. The lowest BCUT2D eigenvalue weighted by Crippen LogP contribution is -1.94. The van der Waals surface area contributed by atoms with Gasteiger partial charge in [-0.05, 0) is 38.1 Å². The highest BCUT2D eigenvalue weighted by atomic mass is 79.9. The Bertz CT molecular complexity index is 780. The first kappa shape index (κ1) is 12.3. The molecule has 0 atom stereocenters. The van der Waals surface area contributed by atoms with Gasteiger partial charge in [0.1, 0.15) is 5.82 Å². The zero-order chi connectivity index (χ0) is 13.6. The van der Waals surface area contributed by atoms with Crippen LogP contribution >= 0.6 is 15.9 Å². The number of aryl methyl sites for hydroxylation is 2. The molecule has 1 aromatic carbocycles. The van der Waals surface area contributed by atoms with Gasteiger partial charge in [0.15, 0.2) is 0 Å². The second-order valence-corrected chi connectivity index (χ2v) is 5.37. The Morgan fingerprint density at radius 1 is 1.16 bits per heavy atom. The van der Waals surface area contributed by atoms with E-state index in [1.165, 1.54) is 6.07 Å². The summed E-state index contributed by atoms with van der Waals surface area (Å²) in [7, 11) is 0. The quantitative estimate of drug-likeness (QED) is 0.680. The Hall–Kier alpha value is -1.75. The van der Waals surface area contributed by atoms with Crippen LogP contribution in [0.5, 0.6) is 0 Å². The Morgan fingerprint density at radius 3 is 2.68 bits per heavy atom. The normalized spacial score (nSPS) is 11.2. The molecule has 0 amide bonds. The summed E-state index contributed by atoms with van der Waals surface area (Å²) >= 11 is 3.25. The molecule has 0 aliphatic heterocycles. The van der Waals surface area contributed by atoms with Crippen LogP contribution in [-0.2, 0) is 0 Å².